The van der Waals surface area contributed by atoms with Crippen molar-refractivity contribution in [3.05, 3.63) is 0 Å². The van der Waals surface area contributed by atoms with Crippen LogP contribution in [0.2, 0.25) is 0 Å². The first-order valence-electron chi connectivity index (χ1n) is 11.1. The molecule has 0 radical (unpaired) electrons. The zero-order chi connectivity index (χ0) is 22.6. The number of amides is 3. The molecule has 2 bridgehead atoms. The van der Waals surface area contributed by atoms with Gasteiger partial charge in [-0.25, -0.2) is 0 Å². The van der Waals surface area contributed by atoms with E-state index in [1.54, 1.807) is 11.9 Å². The number of likely N-dealkylation sites (tertiary alicyclic amines) is 1. The third-order valence-corrected chi connectivity index (χ3v) is 7.81. The molecule has 3 N–H and O–H groups in total. The summed E-state index contributed by atoms with van der Waals surface area (Å²) in [5.74, 6) is -2.19. The van der Waals surface area contributed by atoms with Gasteiger partial charge in [0.2, 0.25) is 17.7 Å². The molecule has 8 atom stereocenters. The van der Waals surface area contributed by atoms with Gasteiger partial charge in [-0.15, -0.1) is 0 Å². The fourth-order valence-electron chi connectivity index (χ4n) is 6.07. The molecule has 0 aliphatic carbocycles. The van der Waals surface area contributed by atoms with Crippen LogP contribution in [0.1, 0.15) is 54.4 Å². The van der Waals surface area contributed by atoms with Gasteiger partial charge in [-0.2, -0.15) is 0 Å². The van der Waals surface area contributed by atoms with E-state index >= 15 is 0 Å². The minimum atomic E-state index is -1.07. The van der Waals surface area contributed by atoms with Crippen LogP contribution in [0.25, 0.3) is 0 Å². The van der Waals surface area contributed by atoms with Crippen molar-refractivity contribution in [2.75, 3.05) is 13.7 Å². The van der Waals surface area contributed by atoms with Crippen LogP contribution in [0.5, 0.6) is 0 Å². The zero-order valence-corrected chi connectivity index (χ0v) is 19.2. The van der Waals surface area contributed by atoms with Gasteiger partial charge in [-0.3, -0.25) is 14.4 Å². The maximum absolute atomic E-state index is 13.8. The first kappa shape index (κ1) is 23.0. The largest absolute Gasteiger partial charge is 0.394 e. The number of nitrogens with one attached hydrogen (secondary N) is 2. The molecule has 30 heavy (non-hydrogen) atoms. The van der Waals surface area contributed by atoms with Crippen LogP contribution in [0, 0.1) is 23.7 Å². The monoisotopic (exact) mass is 423 g/mol. The van der Waals surface area contributed by atoms with Crippen molar-refractivity contribution >= 4 is 17.7 Å². The second-order valence-corrected chi connectivity index (χ2v) is 9.86. The van der Waals surface area contributed by atoms with Crippen molar-refractivity contribution in [2.24, 2.45) is 23.7 Å². The van der Waals surface area contributed by atoms with E-state index in [0.717, 1.165) is 6.42 Å². The molecule has 0 aromatic rings. The topological polar surface area (TPSA) is 108 Å². The molecule has 8 heteroatoms. The highest BCUT2D eigenvalue weighted by Gasteiger charge is 2.80. The Labute approximate surface area is 179 Å². The van der Waals surface area contributed by atoms with Crippen molar-refractivity contribution in [1.29, 1.82) is 0 Å². The number of hydrogen-bond acceptors (Lipinski definition) is 5. The lowest BCUT2D eigenvalue weighted by molar-refractivity contribution is -0.152. The lowest BCUT2D eigenvalue weighted by atomic mass is 9.62. The average Bonchev–Trinajstić information content (AvgIpc) is 3.18. The number of carbonyl (C=O) groups excluding carboxylic acids is 3. The molecule has 8 nitrogen and oxygen atoms in total. The summed E-state index contributed by atoms with van der Waals surface area (Å²) >= 11 is 0. The summed E-state index contributed by atoms with van der Waals surface area (Å²) in [5, 5.41) is 15.8. The van der Waals surface area contributed by atoms with Gasteiger partial charge in [-0.05, 0) is 39.0 Å². The Morgan fingerprint density at radius 3 is 2.43 bits per heavy atom. The number of ether oxygens (including phenoxy) is 1. The first-order chi connectivity index (χ1) is 14.0. The van der Waals surface area contributed by atoms with E-state index in [1.165, 1.54) is 0 Å². The molecule has 3 aliphatic heterocycles. The summed E-state index contributed by atoms with van der Waals surface area (Å²) in [7, 11) is 1.56. The highest BCUT2D eigenvalue weighted by molar-refractivity contribution is 5.99. The average molecular weight is 424 g/mol. The Morgan fingerprint density at radius 1 is 1.30 bits per heavy atom. The van der Waals surface area contributed by atoms with E-state index in [4.69, 9.17) is 4.74 Å². The van der Waals surface area contributed by atoms with Gasteiger partial charge in [0.15, 0.2) is 0 Å². The lowest BCUT2D eigenvalue weighted by Crippen LogP contribution is -2.60. The van der Waals surface area contributed by atoms with Crippen LogP contribution in [-0.2, 0) is 19.1 Å². The summed E-state index contributed by atoms with van der Waals surface area (Å²) < 4.78 is 6.58. The molecule has 0 aromatic carbocycles. The number of aliphatic hydroxyl groups excluding tert-OH is 1. The van der Waals surface area contributed by atoms with Crippen molar-refractivity contribution < 1.29 is 24.2 Å². The van der Waals surface area contributed by atoms with Gasteiger partial charge in [0.05, 0.1) is 30.1 Å². The fraction of sp³-hybridized carbons (Fsp3) is 0.864. The van der Waals surface area contributed by atoms with Crippen LogP contribution in [0.15, 0.2) is 0 Å². The molecule has 3 heterocycles. The van der Waals surface area contributed by atoms with Crippen molar-refractivity contribution in [3.8, 4) is 0 Å². The fourth-order valence-corrected chi connectivity index (χ4v) is 6.07. The van der Waals surface area contributed by atoms with Crippen LogP contribution in [-0.4, -0.2) is 70.7 Å². The molecule has 3 aliphatic rings. The van der Waals surface area contributed by atoms with Crippen molar-refractivity contribution in [1.82, 2.24) is 15.5 Å². The Kier molecular flexibility index (Phi) is 5.97. The highest BCUT2D eigenvalue weighted by atomic mass is 16.5. The molecule has 3 saturated heterocycles. The predicted octanol–water partition coefficient (Wildman–Crippen LogP) is 0.675. The van der Waals surface area contributed by atoms with Gasteiger partial charge in [0.1, 0.15) is 11.6 Å². The third-order valence-electron chi connectivity index (χ3n) is 7.81. The maximum atomic E-state index is 13.8. The Morgan fingerprint density at radius 2 is 1.93 bits per heavy atom. The number of fused-ring (bicyclic) bond motifs is 1. The first-order valence-corrected chi connectivity index (χ1v) is 11.1. The molecule has 3 amide bonds. The summed E-state index contributed by atoms with van der Waals surface area (Å²) in [6, 6.07) is -1.49. The summed E-state index contributed by atoms with van der Waals surface area (Å²) in [6.45, 7) is 11.4. The van der Waals surface area contributed by atoms with E-state index in [-0.39, 0.29) is 42.2 Å². The predicted molar refractivity (Wildman–Crippen MR) is 111 cm³/mol. The second-order valence-electron chi connectivity index (χ2n) is 9.86. The summed E-state index contributed by atoms with van der Waals surface area (Å²) in [6.07, 6.45) is 1.28. The van der Waals surface area contributed by atoms with Crippen LogP contribution in [0.4, 0.5) is 0 Å². The smallest absolute Gasteiger partial charge is 0.246 e. The highest BCUT2D eigenvalue weighted by Crippen LogP contribution is 2.65. The number of hydrogen-bond donors (Lipinski definition) is 3. The SMILES string of the molecule is CC[C@H](C)[C@H](CO)N1C(=O)[C@@H]2[C@H](C(=O)NC)[C@@]3(C)OC2(CC3C)C1C(=O)NC(C)C. The Bertz CT molecular complexity index is 728. The lowest BCUT2D eigenvalue weighted by Gasteiger charge is -2.39. The maximum Gasteiger partial charge on any atom is 0.246 e. The minimum absolute atomic E-state index is 0.00723. The normalized spacial score (nSPS) is 39.2. The number of nitrogens with zero attached hydrogens (tertiary/aromatic N) is 1. The third kappa shape index (κ3) is 2.98. The molecular weight excluding hydrogens is 386 g/mol. The molecular formula is C22H37N3O5. The van der Waals surface area contributed by atoms with E-state index in [2.05, 4.69) is 10.6 Å². The van der Waals surface area contributed by atoms with E-state index < -0.39 is 35.1 Å². The quantitative estimate of drug-likeness (QED) is 0.558. The Hall–Kier alpha value is -1.67. The van der Waals surface area contributed by atoms with Crippen LogP contribution < -0.4 is 10.6 Å². The van der Waals surface area contributed by atoms with Crippen molar-refractivity contribution in [2.45, 2.75) is 83.7 Å². The number of rotatable bonds is 7. The van der Waals surface area contributed by atoms with Gasteiger partial charge >= 0.3 is 0 Å². The summed E-state index contributed by atoms with van der Waals surface area (Å²) in [4.78, 5) is 41.8. The van der Waals surface area contributed by atoms with E-state index in [1.807, 2.05) is 41.5 Å². The number of carbonyl (C=O) groups is 3. The molecule has 3 rings (SSSR count). The molecule has 1 spiro atoms. The summed E-state index contributed by atoms with van der Waals surface area (Å²) in [5.41, 5.74) is -1.88. The van der Waals surface area contributed by atoms with Crippen LogP contribution in [0.3, 0.4) is 0 Å². The Balaban J connectivity index is 2.16. The van der Waals surface area contributed by atoms with Gasteiger partial charge in [0, 0.05) is 13.1 Å². The minimum Gasteiger partial charge on any atom is -0.394 e. The van der Waals surface area contributed by atoms with Gasteiger partial charge < -0.3 is 25.4 Å². The molecule has 3 fully saturated rings. The molecule has 3 unspecified atom stereocenters. The van der Waals surface area contributed by atoms with E-state index in [9.17, 15) is 19.5 Å². The van der Waals surface area contributed by atoms with Gasteiger partial charge in [-0.1, -0.05) is 27.2 Å². The molecule has 0 aromatic heterocycles. The van der Waals surface area contributed by atoms with Gasteiger partial charge in [0.25, 0.3) is 0 Å². The number of aliphatic hydroxyl groups is 1. The van der Waals surface area contributed by atoms with E-state index in [0.29, 0.717) is 6.42 Å². The second kappa shape index (κ2) is 7.79. The van der Waals surface area contributed by atoms with Crippen LogP contribution >= 0.6 is 0 Å². The molecule has 0 saturated carbocycles. The standard InChI is InChI=1S/C22H37N3O5/c1-8-12(4)14(10-26)25-17(19(28)24-11(2)3)22-9-13(5)21(6,30-22)15(18(27)23-7)16(22)20(25)29/h11-17,26H,8-10H2,1-7H3,(H,23,27)(H,24,28)/t12-,13?,14-,15+,16-,17?,21-,22?/m0/s1. The zero-order valence-electron chi connectivity index (χ0n) is 19.2. The van der Waals surface area contributed by atoms with Crippen molar-refractivity contribution in [3.63, 3.8) is 0 Å². The molecule has 170 valence electrons.